The number of imide groups is 1. The molecule has 0 aliphatic carbocycles. The number of methoxy groups -OCH3 is 2. The van der Waals surface area contributed by atoms with Gasteiger partial charge in [-0.05, 0) is 49.4 Å². The Labute approximate surface area is 196 Å². The highest BCUT2D eigenvalue weighted by atomic mass is 19.1. The number of rotatable bonds is 11. The molecular weight excluding hydrogens is 443 g/mol. The van der Waals surface area contributed by atoms with Crippen LogP contribution in [0.25, 0.3) is 0 Å². The third-order valence-corrected chi connectivity index (χ3v) is 5.51. The minimum Gasteiger partial charge on any atom is -0.497 e. The summed E-state index contributed by atoms with van der Waals surface area (Å²) in [6.07, 6.45) is 1.29. The van der Waals surface area contributed by atoms with Crippen molar-refractivity contribution in [1.29, 1.82) is 0 Å². The predicted octanol–water partition coefficient (Wildman–Crippen LogP) is 2.45. The summed E-state index contributed by atoms with van der Waals surface area (Å²) >= 11 is 0. The Balaban J connectivity index is 1.91. The summed E-state index contributed by atoms with van der Waals surface area (Å²) < 4.78 is 23.8. The van der Waals surface area contributed by atoms with E-state index in [4.69, 9.17) is 15.2 Å². The summed E-state index contributed by atoms with van der Waals surface area (Å²) in [6, 6.07) is 9.59. The van der Waals surface area contributed by atoms with E-state index in [1.807, 2.05) is 0 Å². The first-order valence-corrected chi connectivity index (χ1v) is 10.6. The monoisotopic (exact) mass is 468 g/mol. The zero-order valence-electron chi connectivity index (χ0n) is 18.9. The Morgan fingerprint density at radius 2 is 1.76 bits per heavy atom. The minimum atomic E-state index is -1.49. The maximum Gasteiger partial charge on any atom is 0.258 e. The van der Waals surface area contributed by atoms with E-state index in [1.54, 1.807) is 18.2 Å². The number of hydrogen-bond acceptors (Lipinski definition) is 7. The molecular formula is C25H25FN2O6. The van der Waals surface area contributed by atoms with Crippen LogP contribution in [-0.4, -0.2) is 49.0 Å². The van der Waals surface area contributed by atoms with Gasteiger partial charge in [0.2, 0.25) is 0 Å². The van der Waals surface area contributed by atoms with Crippen LogP contribution in [0.15, 0.2) is 54.1 Å². The fraction of sp³-hybridized carbons (Fsp3) is 0.280. The van der Waals surface area contributed by atoms with Crippen molar-refractivity contribution in [3.05, 3.63) is 71.1 Å². The van der Waals surface area contributed by atoms with Crippen LogP contribution in [0.4, 0.5) is 4.39 Å². The number of nitrogens with two attached hydrogens (primary N) is 1. The highest BCUT2D eigenvalue weighted by Crippen LogP contribution is 2.31. The second-order valence-electron chi connectivity index (χ2n) is 7.67. The standard InChI is InChI=1S/C25H25FN2O6/c1-33-18-10-7-16(21(12-18)34-2)14-28-22(30)13-19(25(28)32)23(20(29)4-3-11-27)24(31)15-5-8-17(26)9-6-15/h5-10,12-13,23H,3-4,11,14,27H2,1-2H3. The molecule has 0 spiro atoms. The van der Waals surface area contributed by atoms with E-state index in [1.165, 1.54) is 26.4 Å². The zero-order chi connectivity index (χ0) is 24.8. The van der Waals surface area contributed by atoms with Crippen LogP contribution >= 0.6 is 0 Å². The molecule has 0 aromatic heterocycles. The lowest BCUT2D eigenvalue weighted by Gasteiger charge is -2.20. The van der Waals surface area contributed by atoms with Gasteiger partial charge < -0.3 is 15.2 Å². The Morgan fingerprint density at radius 1 is 1.06 bits per heavy atom. The van der Waals surface area contributed by atoms with Crippen molar-refractivity contribution in [3.63, 3.8) is 0 Å². The van der Waals surface area contributed by atoms with Gasteiger partial charge in [0.1, 0.15) is 29.0 Å². The molecule has 0 saturated carbocycles. The Morgan fingerprint density at radius 3 is 2.38 bits per heavy atom. The van der Waals surface area contributed by atoms with Crippen molar-refractivity contribution in [2.24, 2.45) is 11.7 Å². The molecule has 2 aromatic carbocycles. The molecule has 34 heavy (non-hydrogen) atoms. The van der Waals surface area contributed by atoms with E-state index in [0.717, 1.165) is 23.1 Å². The quantitative estimate of drug-likeness (QED) is 0.306. The number of carbonyl (C=O) groups is 4. The smallest absolute Gasteiger partial charge is 0.258 e. The maximum absolute atomic E-state index is 13.3. The summed E-state index contributed by atoms with van der Waals surface area (Å²) in [4.78, 5) is 53.1. The van der Waals surface area contributed by atoms with Crippen molar-refractivity contribution in [3.8, 4) is 11.5 Å². The highest BCUT2D eigenvalue weighted by Gasteiger charge is 2.41. The first-order valence-electron chi connectivity index (χ1n) is 10.6. The Hall–Kier alpha value is -3.85. The van der Waals surface area contributed by atoms with Crippen LogP contribution in [0.1, 0.15) is 28.8 Å². The number of halogens is 1. The summed E-state index contributed by atoms with van der Waals surface area (Å²) in [6.45, 7) is 0.0950. The van der Waals surface area contributed by atoms with Crippen molar-refractivity contribution in [2.45, 2.75) is 19.4 Å². The van der Waals surface area contributed by atoms with Gasteiger partial charge in [0.25, 0.3) is 11.8 Å². The summed E-state index contributed by atoms with van der Waals surface area (Å²) in [5, 5.41) is 0. The number of ketones is 2. The van der Waals surface area contributed by atoms with E-state index >= 15 is 0 Å². The van der Waals surface area contributed by atoms with Crippen LogP contribution in [0.2, 0.25) is 0 Å². The van der Waals surface area contributed by atoms with E-state index in [9.17, 15) is 23.6 Å². The third-order valence-electron chi connectivity index (χ3n) is 5.51. The first kappa shape index (κ1) is 24.8. The van der Waals surface area contributed by atoms with Gasteiger partial charge in [0, 0.05) is 35.3 Å². The molecule has 0 bridgehead atoms. The van der Waals surface area contributed by atoms with Crippen molar-refractivity contribution in [1.82, 2.24) is 4.90 Å². The molecule has 9 heteroatoms. The van der Waals surface area contributed by atoms with Gasteiger partial charge in [0.05, 0.1) is 20.8 Å². The lowest BCUT2D eigenvalue weighted by Crippen LogP contribution is -2.35. The van der Waals surface area contributed by atoms with Gasteiger partial charge in [0.15, 0.2) is 5.78 Å². The average molecular weight is 468 g/mol. The fourth-order valence-electron chi connectivity index (χ4n) is 3.70. The molecule has 1 atom stereocenters. The van der Waals surface area contributed by atoms with Crippen molar-refractivity contribution < 1.29 is 33.0 Å². The largest absolute Gasteiger partial charge is 0.497 e. The van der Waals surface area contributed by atoms with Crippen LogP contribution in [0.5, 0.6) is 11.5 Å². The summed E-state index contributed by atoms with van der Waals surface area (Å²) in [7, 11) is 2.95. The number of benzene rings is 2. The highest BCUT2D eigenvalue weighted by molar-refractivity contribution is 6.24. The van der Waals surface area contributed by atoms with Crippen LogP contribution in [0.3, 0.4) is 0 Å². The summed E-state index contributed by atoms with van der Waals surface area (Å²) in [5.74, 6) is -3.70. The predicted molar refractivity (Wildman–Crippen MR) is 121 cm³/mol. The Bertz CT molecular complexity index is 1140. The molecule has 2 N–H and O–H groups in total. The number of Topliss-reactive ketones (excluding diaryl/α,β-unsaturated/α-hetero) is 2. The van der Waals surface area contributed by atoms with Gasteiger partial charge in [-0.25, -0.2) is 4.39 Å². The minimum absolute atomic E-state index is 0.0424. The van der Waals surface area contributed by atoms with E-state index in [-0.39, 0.29) is 30.6 Å². The van der Waals surface area contributed by atoms with Crippen LogP contribution in [0, 0.1) is 11.7 Å². The molecule has 0 saturated heterocycles. The third kappa shape index (κ3) is 5.20. The van der Waals surface area contributed by atoms with Gasteiger partial charge >= 0.3 is 0 Å². The van der Waals surface area contributed by atoms with Crippen molar-refractivity contribution in [2.75, 3.05) is 20.8 Å². The number of nitrogens with zero attached hydrogens (tertiary/aromatic N) is 1. The van der Waals surface area contributed by atoms with Gasteiger partial charge in [-0.15, -0.1) is 0 Å². The molecule has 3 rings (SSSR count). The molecule has 0 fully saturated rings. The number of amides is 2. The molecule has 1 aliphatic rings. The fourth-order valence-corrected chi connectivity index (χ4v) is 3.70. The van der Waals surface area contributed by atoms with E-state index in [0.29, 0.717) is 23.5 Å². The molecule has 1 heterocycles. The molecule has 178 valence electrons. The van der Waals surface area contributed by atoms with Gasteiger partial charge in [-0.2, -0.15) is 0 Å². The van der Waals surface area contributed by atoms with Crippen LogP contribution in [-0.2, 0) is 20.9 Å². The maximum atomic E-state index is 13.3. The second kappa shape index (κ2) is 10.8. The number of carbonyl (C=O) groups excluding carboxylic acids is 4. The lowest BCUT2D eigenvalue weighted by atomic mass is 9.85. The first-order chi connectivity index (χ1) is 16.3. The molecule has 0 radical (unpaired) electrons. The average Bonchev–Trinajstić information content (AvgIpc) is 3.11. The molecule has 8 nitrogen and oxygen atoms in total. The molecule has 2 amide bonds. The van der Waals surface area contributed by atoms with Gasteiger partial charge in [-0.3, -0.25) is 24.1 Å². The Kier molecular flexibility index (Phi) is 7.91. The topological polar surface area (TPSA) is 116 Å². The van der Waals surface area contributed by atoms with Crippen molar-refractivity contribution >= 4 is 23.4 Å². The summed E-state index contributed by atoms with van der Waals surface area (Å²) in [5.41, 5.74) is 5.88. The molecule has 2 aromatic rings. The SMILES string of the molecule is COc1ccc(CN2C(=O)C=C(C(C(=O)CCCN)C(=O)c3ccc(F)cc3)C2=O)c(OC)c1. The van der Waals surface area contributed by atoms with Crippen LogP contribution < -0.4 is 15.2 Å². The zero-order valence-corrected chi connectivity index (χ0v) is 18.9. The lowest BCUT2D eigenvalue weighted by molar-refractivity contribution is -0.138. The van der Waals surface area contributed by atoms with E-state index in [2.05, 4.69) is 0 Å². The molecule has 1 unspecified atom stereocenters. The van der Waals surface area contributed by atoms with E-state index < -0.39 is 35.1 Å². The second-order valence-corrected chi connectivity index (χ2v) is 7.67. The number of hydrogen-bond donors (Lipinski definition) is 1. The molecule has 1 aliphatic heterocycles. The normalized spacial score (nSPS) is 14.1. The van der Waals surface area contributed by atoms with Gasteiger partial charge in [-0.1, -0.05) is 0 Å². The number of ether oxygens (including phenoxy) is 2.